The Balaban J connectivity index is 2.47. The molecule has 2 rings (SSSR count). The van der Waals surface area contributed by atoms with Crippen LogP contribution in [0, 0.1) is 0 Å². The number of aromatic hydroxyl groups is 1. The second kappa shape index (κ2) is 3.89. The molecule has 0 aliphatic rings. The van der Waals surface area contributed by atoms with E-state index in [-0.39, 0.29) is 9.96 Å². The molecule has 0 saturated heterocycles. The summed E-state index contributed by atoms with van der Waals surface area (Å²) >= 11 is 1.08. The molecule has 0 amide bonds. The molecule has 16 heavy (non-hydrogen) atoms. The predicted octanol–water partition coefficient (Wildman–Crippen LogP) is 1.77. The van der Waals surface area contributed by atoms with Crippen molar-refractivity contribution in [2.24, 2.45) is 5.14 Å². The summed E-state index contributed by atoms with van der Waals surface area (Å²) in [4.78, 5) is 0.750. The van der Waals surface area contributed by atoms with E-state index in [2.05, 4.69) is 0 Å². The number of primary sulfonamides is 1. The van der Waals surface area contributed by atoms with Crippen LogP contribution in [0.15, 0.2) is 40.6 Å². The quantitative estimate of drug-likeness (QED) is 0.858. The van der Waals surface area contributed by atoms with Crippen molar-refractivity contribution in [3.8, 4) is 16.2 Å². The van der Waals surface area contributed by atoms with Crippen LogP contribution in [0.3, 0.4) is 0 Å². The third-order valence-electron chi connectivity index (χ3n) is 1.99. The minimum absolute atomic E-state index is 0.117. The smallest absolute Gasteiger partial charge is 0.247 e. The second-order valence-electron chi connectivity index (χ2n) is 3.21. The molecule has 1 heterocycles. The number of phenols is 1. The number of hydrogen-bond acceptors (Lipinski definition) is 4. The van der Waals surface area contributed by atoms with Gasteiger partial charge >= 0.3 is 0 Å². The summed E-state index contributed by atoms with van der Waals surface area (Å²) in [5, 5.41) is 14.3. The van der Waals surface area contributed by atoms with Gasteiger partial charge in [-0.3, -0.25) is 0 Å². The number of nitrogens with two attached hydrogens (primary N) is 1. The average molecular weight is 255 g/mol. The molecule has 0 bridgehead atoms. The minimum atomic E-state index is -3.64. The van der Waals surface area contributed by atoms with Gasteiger partial charge in [-0.15, -0.1) is 11.3 Å². The van der Waals surface area contributed by atoms with Crippen LogP contribution >= 0.6 is 11.3 Å². The first-order valence-electron chi connectivity index (χ1n) is 4.39. The van der Waals surface area contributed by atoms with Gasteiger partial charge in [-0.2, -0.15) is 0 Å². The normalized spacial score (nSPS) is 11.6. The standard InChI is InChI=1S/C10H9NO3S2/c11-16(13,14)10-5-4-9(15-10)7-2-1-3-8(12)6-7/h1-6,12H,(H2,11,13,14). The lowest BCUT2D eigenvalue weighted by Gasteiger charge is -1.97. The predicted molar refractivity (Wildman–Crippen MR) is 62.8 cm³/mol. The summed E-state index contributed by atoms with van der Waals surface area (Å²) in [6.07, 6.45) is 0. The third kappa shape index (κ3) is 2.24. The topological polar surface area (TPSA) is 80.4 Å². The van der Waals surface area contributed by atoms with E-state index in [1.54, 1.807) is 30.3 Å². The van der Waals surface area contributed by atoms with Crippen molar-refractivity contribution in [1.82, 2.24) is 0 Å². The molecule has 2 aromatic rings. The molecule has 0 atom stereocenters. The van der Waals surface area contributed by atoms with Gasteiger partial charge in [0.2, 0.25) is 10.0 Å². The van der Waals surface area contributed by atoms with Gasteiger partial charge in [0, 0.05) is 4.88 Å². The van der Waals surface area contributed by atoms with Gasteiger partial charge in [0.05, 0.1) is 0 Å². The molecule has 4 nitrogen and oxygen atoms in total. The molecule has 0 fully saturated rings. The molecule has 1 aromatic carbocycles. The van der Waals surface area contributed by atoms with Gasteiger partial charge in [0.25, 0.3) is 0 Å². The molecule has 0 saturated carbocycles. The molecule has 84 valence electrons. The summed E-state index contributed by atoms with van der Waals surface area (Å²) < 4.78 is 22.3. The van der Waals surface area contributed by atoms with Crippen molar-refractivity contribution in [1.29, 1.82) is 0 Å². The van der Waals surface area contributed by atoms with Gasteiger partial charge in [-0.25, -0.2) is 13.6 Å². The first-order valence-corrected chi connectivity index (χ1v) is 6.75. The number of hydrogen-bond donors (Lipinski definition) is 2. The van der Waals surface area contributed by atoms with E-state index in [4.69, 9.17) is 5.14 Å². The van der Waals surface area contributed by atoms with Gasteiger partial charge in [0.15, 0.2) is 0 Å². The Morgan fingerprint density at radius 3 is 2.50 bits per heavy atom. The Bertz CT molecular complexity index is 616. The number of phenolic OH excluding ortho intramolecular Hbond substituents is 1. The van der Waals surface area contributed by atoms with Gasteiger partial charge in [-0.05, 0) is 29.8 Å². The minimum Gasteiger partial charge on any atom is -0.508 e. The fraction of sp³-hybridized carbons (Fsp3) is 0. The Morgan fingerprint density at radius 2 is 1.94 bits per heavy atom. The van der Waals surface area contributed by atoms with Crippen molar-refractivity contribution in [3.63, 3.8) is 0 Å². The number of sulfonamides is 1. The highest BCUT2D eigenvalue weighted by Crippen LogP contribution is 2.31. The average Bonchev–Trinajstić information content (AvgIpc) is 2.65. The van der Waals surface area contributed by atoms with Crippen LogP contribution in [0.4, 0.5) is 0 Å². The van der Waals surface area contributed by atoms with Crippen LogP contribution in [0.5, 0.6) is 5.75 Å². The second-order valence-corrected chi connectivity index (χ2v) is 6.09. The first kappa shape index (κ1) is 11.1. The zero-order valence-corrected chi connectivity index (χ0v) is 9.75. The maximum absolute atomic E-state index is 11.1. The number of thiophene rings is 1. The molecule has 0 aliphatic heterocycles. The molecule has 0 aliphatic carbocycles. The van der Waals surface area contributed by atoms with Crippen molar-refractivity contribution in [2.75, 3.05) is 0 Å². The molecule has 6 heteroatoms. The summed E-state index contributed by atoms with van der Waals surface area (Å²) in [5.74, 6) is 0.142. The third-order valence-corrected chi connectivity index (χ3v) is 4.57. The van der Waals surface area contributed by atoms with Gasteiger partial charge < -0.3 is 5.11 Å². The van der Waals surface area contributed by atoms with Crippen LogP contribution < -0.4 is 5.14 Å². The summed E-state index contributed by atoms with van der Waals surface area (Å²) in [5.41, 5.74) is 0.764. The number of rotatable bonds is 2. The van der Waals surface area contributed by atoms with Gasteiger partial charge in [-0.1, -0.05) is 12.1 Å². The summed E-state index contributed by atoms with van der Waals surface area (Å²) in [7, 11) is -3.64. The zero-order valence-electron chi connectivity index (χ0n) is 8.12. The van der Waals surface area contributed by atoms with Gasteiger partial charge in [0.1, 0.15) is 9.96 Å². The molecule has 0 radical (unpaired) electrons. The molecule has 3 N–H and O–H groups in total. The molecular weight excluding hydrogens is 246 g/mol. The van der Waals surface area contributed by atoms with Crippen LogP contribution in [0.25, 0.3) is 10.4 Å². The van der Waals surface area contributed by atoms with E-state index in [0.717, 1.165) is 21.8 Å². The number of benzene rings is 1. The fourth-order valence-electron chi connectivity index (χ4n) is 1.29. The van der Waals surface area contributed by atoms with Crippen LogP contribution in [0.1, 0.15) is 0 Å². The lowest BCUT2D eigenvalue weighted by atomic mass is 10.2. The Labute approximate surface area is 97.0 Å². The maximum Gasteiger partial charge on any atom is 0.247 e. The van der Waals surface area contributed by atoms with Crippen LogP contribution in [0.2, 0.25) is 0 Å². The van der Waals surface area contributed by atoms with E-state index >= 15 is 0 Å². The lowest BCUT2D eigenvalue weighted by molar-refractivity contribution is 0.475. The van der Waals surface area contributed by atoms with E-state index < -0.39 is 10.0 Å². The Morgan fingerprint density at radius 1 is 1.19 bits per heavy atom. The lowest BCUT2D eigenvalue weighted by Crippen LogP contribution is -2.09. The highest BCUT2D eigenvalue weighted by Gasteiger charge is 2.12. The van der Waals surface area contributed by atoms with Crippen LogP contribution in [-0.2, 0) is 10.0 Å². The van der Waals surface area contributed by atoms with Crippen molar-refractivity contribution in [2.45, 2.75) is 4.21 Å². The molecule has 1 aromatic heterocycles. The summed E-state index contributed by atoms with van der Waals surface area (Å²) in [6.45, 7) is 0. The monoisotopic (exact) mass is 255 g/mol. The van der Waals surface area contributed by atoms with E-state index in [1.807, 2.05) is 0 Å². The zero-order chi connectivity index (χ0) is 11.8. The Hall–Kier alpha value is -1.37. The molecular formula is C10H9NO3S2. The highest BCUT2D eigenvalue weighted by atomic mass is 32.2. The van der Waals surface area contributed by atoms with E-state index in [0.29, 0.717) is 0 Å². The van der Waals surface area contributed by atoms with Crippen molar-refractivity contribution < 1.29 is 13.5 Å². The SMILES string of the molecule is NS(=O)(=O)c1ccc(-c2cccc(O)c2)s1. The first-order chi connectivity index (χ1) is 7.47. The fourth-order valence-corrected chi connectivity index (χ4v) is 3.01. The van der Waals surface area contributed by atoms with Crippen molar-refractivity contribution in [3.05, 3.63) is 36.4 Å². The largest absolute Gasteiger partial charge is 0.508 e. The van der Waals surface area contributed by atoms with E-state index in [9.17, 15) is 13.5 Å². The van der Waals surface area contributed by atoms with E-state index in [1.165, 1.54) is 6.07 Å². The van der Waals surface area contributed by atoms with Crippen LogP contribution in [-0.4, -0.2) is 13.5 Å². The van der Waals surface area contributed by atoms with Crippen molar-refractivity contribution >= 4 is 21.4 Å². The summed E-state index contributed by atoms with van der Waals surface area (Å²) in [6, 6.07) is 9.73. The molecule has 0 spiro atoms. The molecule has 0 unspecified atom stereocenters. The highest BCUT2D eigenvalue weighted by molar-refractivity contribution is 7.91. The maximum atomic E-state index is 11.1. The Kier molecular flexibility index (Phi) is 2.71.